The van der Waals surface area contributed by atoms with Crippen molar-refractivity contribution < 1.29 is 9.15 Å². The van der Waals surface area contributed by atoms with Gasteiger partial charge in [-0.05, 0) is 46.5 Å². The van der Waals surface area contributed by atoms with Gasteiger partial charge in [0.25, 0.3) is 0 Å². The lowest BCUT2D eigenvalue weighted by atomic mass is 10.1. The Morgan fingerprint density at radius 3 is 2.65 bits per heavy atom. The van der Waals surface area contributed by atoms with Gasteiger partial charge in [0.2, 0.25) is 0 Å². The highest BCUT2D eigenvalue weighted by Crippen LogP contribution is 2.13. The fraction of sp³-hybridized carbons (Fsp3) is 0.750. The molecule has 0 unspecified atom stereocenters. The van der Waals surface area contributed by atoms with Gasteiger partial charge < -0.3 is 19.4 Å². The van der Waals surface area contributed by atoms with Crippen molar-refractivity contribution in [2.45, 2.75) is 46.4 Å². The Balaban J connectivity index is 2.30. The fourth-order valence-corrected chi connectivity index (χ4v) is 1.63. The summed E-state index contributed by atoms with van der Waals surface area (Å²) in [6.45, 7) is 11.8. The van der Waals surface area contributed by atoms with Gasteiger partial charge in [0.05, 0.1) is 12.9 Å². The molecule has 1 aromatic rings. The molecule has 0 bridgehead atoms. The molecular weight excluding hydrogens is 252 g/mol. The van der Waals surface area contributed by atoms with Crippen LogP contribution in [0.1, 0.15) is 39.0 Å². The van der Waals surface area contributed by atoms with Crippen LogP contribution in [0.3, 0.4) is 0 Å². The molecular formula is C16H30N2O2. The summed E-state index contributed by atoms with van der Waals surface area (Å²) < 4.78 is 11.3. The Kier molecular flexibility index (Phi) is 6.72. The summed E-state index contributed by atoms with van der Waals surface area (Å²) in [7, 11) is 4.13. The van der Waals surface area contributed by atoms with E-state index in [4.69, 9.17) is 9.15 Å². The zero-order valence-corrected chi connectivity index (χ0v) is 13.8. The van der Waals surface area contributed by atoms with Crippen LogP contribution in [0, 0.1) is 5.92 Å². The van der Waals surface area contributed by atoms with Gasteiger partial charge in [-0.25, -0.2) is 0 Å². The van der Waals surface area contributed by atoms with E-state index in [0.717, 1.165) is 18.8 Å². The standard InChI is InChI=1S/C16H30N2O2/c1-13(2)8-17-9-14-7-15(20-10-14)11-19-12-16(3,4)18(5)6/h7,10,13,17H,8-9,11-12H2,1-6H3. The van der Waals surface area contributed by atoms with E-state index in [-0.39, 0.29) is 5.54 Å². The van der Waals surface area contributed by atoms with Crippen LogP contribution in [-0.2, 0) is 17.9 Å². The first-order valence-electron chi connectivity index (χ1n) is 7.33. The first-order chi connectivity index (χ1) is 9.31. The summed E-state index contributed by atoms with van der Waals surface area (Å²) in [4.78, 5) is 2.16. The van der Waals surface area contributed by atoms with E-state index in [1.54, 1.807) is 0 Å². The summed E-state index contributed by atoms with van der Waals surface area (Å²) in [6.07, 6.45) is 1.81. The Labute approximate surface area is 123 Å². The molecule has 0 amide bonds. The van der Waals surface area contributed by atoms with Gasteiger partial charge in [0.15, 0.2) is 0 Å². The first kappa shape index (κ1) is 17.2. The molecule has 0 fully saturated rings. The summed E-state index contributed by atoms with van der Waals surface area (Å²) >= 11 is 0. The zero-order chi connectivity index (χ0) is 15.2. The predicted molar refractivity (Wildman–Crippen MR) is 82.7 cm³/mol. The number of hydrogen-bond donors (Lipinski definition) is 1. The number of hydrogen-bond acceptors (Lipinski definition) is 4. The van der Waals surface area contributed by atoms with Crippen molar-refractivity contribution in [1.82, 2.24) is 10.2 Å². The predicted octanol–water partition coefficient (Wildman–Crippen LogP) is 2.88. The maximum atomic E-state index is 5.75. The average Bonchev–Trinajstić information content (AvgIpc) is 2.76. The van der Waals surface area contributed by atoms with Crippen molar-refractivity contribution in [2.75, 3.05) is 27.2 Å². The second-order valence-electron chi connectivity index (χ2n) is 6.65. The molecule has 0 saturated carbocycles. The third-order valence-corrected chi connectivity index (χ3v) is 3.50. The van der Waals surface area contributed by atoms with Crippen molar-refractivity contribution in [3.8, 4) is 0 Å². The molecule has 0 spiro atoms. The normalized spacial score (nSPS) is 12.6. The third-order valence-electron chi connectivity index (χ3n) is 3.50. The number of likely N-dealkylation sites (N-methyl/N-ethyl adjacent to an activating group) is 1. The minimum Gasteiger partial charge on any atom is -0.467 e. The Hall–Kier alpha value is -0.840. The molecule has 0 aliphatic rings. The zero-order valence-electron chi connectivity index (χ0n) is 13.8. The van der Waals surface area contributed by atoms with Gasteiger partial charge >= 0.3 is 0 Å². The van der Waals surface area contributed by atoms with Crippen LogP contribution in [0.2, 0.25) is 0 Å². The monoisotopic (exact) mass is 282 g/mol. The molecule has 4 nitrogen and oxygen atoms in total. The number of ether oxygens (including phenoxy) is 1. The highest BCUT2D eigenvalue weighted by Gasteiger charge is 2.20. The number of furan rings is 1. The van der Waals surface area contributed by atoms with Crippen molar-refractivity contribution in [1.29, 1.82) is 0 Å². The molecule has 0 aliphatic heterocycles. The average molecular weight is 282 g/mol. The van der Waals surface area contributed by atoms with Crippen LogP contribution in [0.15, 0.2) is 16.7 Å². The van der Waals surface area contributed by atoms with E-state index in [2.05, 4.69) is 58.1 Å². The van der Waals surface area contributed by atoms with Crippen LogP contribution in [0.4, 0.5) is 0 Å². The molecule has 0 aromatic carbocycles. The van der Waals surface area contributed by atoms with Gasteiger partial charge in [0.1, 0.15) is 12.4 Å². The van der Waals surface area contributed by atoms with Crippen LogP contribution >= 0.6 is 0 Å². The van der Waals surface area contributed by atoms with Crippen molar-refractivity contribution in [2.24, 2.45) is 5.92 Å². The van der Waals surface area contributed by atoms with Crippen LogP contribution in [0.5, 0.6) is 0 Å². The van der Waals surface area contributed by atoms with Crippen LogP contribution in [-0.4, -0.2) is 37.7 Å². The second kappa shape index (κ2) is 7.81. The molecule has 0 saturated heterocycles. The molecule has 0 atom stereocenters. The second-order valence-corrected chi connectivity index (χ2v) is 6.65. The molecule has 0 aliphatic carbocycles. The molecule has 4 heteroatoms. The third kappa shape index (κ3) is 6.07. The molecule has 1 N–H and O–H groups in total. The van der Waals surface area contributed by atoms with E-state index in [0.29, 0.717) is 19.1 Å². The lowest BCUT2D eigenvalue weighted by molar-refractivity contribution is 0.0209. The molecule has 20 heavy (non-hydrogen) atoms. The summed E-state index contributed by atoms with van der Waals surface area (Å²) in [5.74, 6) is 1.55. The highest BCUT2D eigenvalue weighted by molar-refractivity contribution is 5.12. The molecule has 116 valence electrons. The van der Waals surface area contributed by atoms with E-state index in [1.807, 2.05) is 6.26 Å². The summed E-state index contributed by atoms with van der Waals surface area (Å²) in [5, 5.41) is 3.40. The highest BCUT2D eigenvalue weighted by atomic mass is 16.5. The van der Waals surface area contributed by atoms with Crippen LogP contribution in [0.25, 0.3) is 0 Å². The maximum absolute atomic E-state index is 5.75. The lowest BCUT2D eigenvalue weighted by Crippen LogP contribution is -2.42. The minimum absolute atomic E-state index is 0.0360. The van der Waals surface area contributed by atoms with Crippen molar-refractivity contribution in [3.05, 3.63) is 23.7 Å². The van der Waals surface area contributed by atoms with Crippen molar-refractivity contribution in [3.63, 3.8) is 0 Å². The largest absolute Gasteiger partial charge is 0.467 e. The van der Waals surface area contributed by atoms with Gasteiger partial charge in [-0.1, -0.05) is 13.8 Å². The molecule has 1 rings (SSSR count). The maximum Gasteiger partial charge on any atom is 0.129 e. The SMILES string of the molecule is CC(C)CNCc1coc(COCC(C)(C)N(C)C)c1. The number of nitrogens with zero attached hydrogens (tertiary/aromatic N) is 1. The van der Waals surface area contributed by atoms with Gasteiger partial charge in [0, 0.05) is 17.6 Å². The fourth-order valence-electron chi connectivity index (χ4n) is 1.63. The van der Waals surface area contributed by atoms with Gasteiger partial charge in [-0.15, -0.1) is 0 Å². The first-order valence-corrected chi connectivity index (χ1v) is 7.33. The quantitative estimate of drug-likeness (QED) is 0.756. The van der Waals surface area contributed by atoms with E-state index in [9.17, 15) is 0 Å². The topological polar surface area (TPSA) is 37.6 Å². The Morgan fingerprint density at radius 1 is 1.35 bits per heavy atom. The summed E-state index contributed by atoms with van der Waals surface area (Å²) in [5.41, 5.74) is 1.21. The van der Waals surface area contributed by atoms with Gasteiger partial charge in [-0.2, -0.15) is 0 Å². The van der Waals surface area contributed by atoms with Crippen molar-refractivity contribution >= 4 is 0 Å². The number of rotatable bonds is 9. The minimum atomic E-state index is 0.0360. The van der Waals surface area contributed by atoms with E-state index >= 15 is 0 Å². The lowest BCUT2D eigenvalue weighted by Gasteiger charge is -2.31. The Morgan fingerprint density at radius 2 is 2.05 bits per heavy atom. The van der Waals surface area contributed by atoms with E-state index in [1.165, 1.54) is 5.56 Å². The van der Waals surface area contributed by atoms with Gasteiger partial charge in [-0.3, -0.25) is 0 Å². The Bertz CT molecular complexity index is 384. The summed E-state index contributed by atoms with van der Waals surface area (Å²) in [6, 6.07) is 2.07. The smallest absolute Gasteiger partial charge is 0.129 e. The molecule has 1 heterocycles. The van der Waals surface area contributed by atoms with Crippen LogP contribution < -0.4 is 5.32 Å². The van der Waals surface area contributed by atoms with E-state index < -0.39 is 0 Å². The molecule has 0 radical (unpaired) electrons. The molecule has 1 aromatic heterocycles. The number of nitrogens with one attached hydrogen (secondary N) is 1.